The number of fused-ring (bicyclic) bond motifs is 1. The third-order valence-electron chi connectivity index (χ3n) is 3.87. The highest BCUT2D eigenvalue weighted by Gasteiger charge is 2.40. The molecule has 1 heterocycles. The van der Waals surface area contributed by atoms with Crippen LogP contribution in [-0.4, -0.2) is 37.4 Å². The van der Waals surface area contributed by atoms with Gasteiger partial charge in [0.05, 0.1) is 0 Å². The molecule has 1 unspecified atom stereocenters. The summed E-state index contributed by atoms with van der Waals surface area (Å²) < 4.78 is 5.53. The SMILES string of the molecule is Cc1c(O)cc2c(c1O)C(=O)[C@@H](O)C(c1ccc(O)c(O)c1)O2. The number of carbonyl (C=O) groups excluding carboxylic acids is 1. The molecule has 2 aromatic rings. The first-order chi connectivity index (χ1) is 10.8. The number of rotatable bonds is 1. The Morgan fingerprint density at radius 2 is 1.70 bits per heavy atom. The summed E-state index contributed by atoms with van der Waals surface area (Å²) in [6.45, 7) is 1.43. The van der Waals surface area contributed by atoms with Crippen LogP contribution in [0.4, 0.5) is 0 Å². The number of carbonyl (C=O) groups is 1. The van der Waals surface area contributed by atoms with E-state index in [1.54, 1.807) is 0 Å². The third-order valence-corrected chi connectivity index (χ3v) is 3.87. The van der Waals surface area contributed by atoms with E-state index < -0.39 is 29.5 Å². The number of hydrogen-bond donors (Lipinski definition) is 5. The van der Waals surface area contributed by atoms with Gasteiger partial charge in [-0.2, -0.15) is 0 Å². The first kappa shape index (κ1) is 15.0. The Morgan fingerprint density at radius 1 is 1.00 bits per heavy atom. The maximum absolute atomic E-state index is 12.4. The van der Waals surface area contributed by atoms with E-state index in [4.69, 9.17) is 4.74 Å². The molecule has 1 aliphatic heterocycles. The maximum Gasteiger partial charge on any atom is 0.202 e. The second-order valence-electron chi connectivity index (χ2n) is 5.34. The summed E-state index contributed by atoms with van der Waals surface area (Å²) in [6, 6.07) is 4.93. The van der Waals surface area contributed by atoms with Crippen molar-refractivity contribution >= 4 is 5.78 Å². The van der Waals surface area contributed by atoms with Crippen LogP contribution in [0.2, 0.25) is 0 Å². The lowest BCUT2D eigenvalue weighted by atomic mass is 9.91. The Bertz CT molecular complexity index is 813. The number of ether oxygens (including phenoxy) is 1. The minimum Gasteiger partial charge on any atom is -0.507 e. The van der Waals surface area contributed by atoms with Crippen molar-refractivity contribution in [3.05, 3.63) is 41.0 Å². The average molecular weight is 318 g/mol. The minimum atomic E-state index is -1.61. The lowest BCUT2D eigenvalue weighted by molar-refractivity contribution is 0.0209. The van der Waals surface area contributed by atoms with Gasteiger partial charge in [0.15, 0.2) is 23.7 Å². The molecule has 23 heavy (non-hydrogen) atoms. The van der Waals surface area contributed by atoms with Gasteiger partial charge < -0.3 is 30.3 Å². The number of phenols is 4. The van der Waals surface area contributed by atoms with Gasteiger partial charge >= 0.3 is 0 Å². The Labute approximate surface area is 130 Å². The van der Waals surface area contributed by atoms with Crippen LogP contribution in [0, 0.1) is 6.92 Å². The molecule has 0 bridgehead atoms. The molecule has 7 heteroatoms. The van der Waals surface area contributed by atoms with Gasteiger partial charge in [-0.3, -0.25) is 4.79 Å². The van der Waals surface area contributed by atoms with Gasteiger partial charge in [0.2, 0.25) is 5.78 Å². The predicted molar refractivity (Wildman–Crippen MR) is 78.0 cm³/mol. The molecular weight excluding hydrogens is 304 g/mol. The third kappa shape index (κ3) is 2.22. The summed E-state index contributed by atoms with van der Waals surface area (Å²) in [5, 5.41) is 48.8. The van der Waals surface area contributed by atoms with Crippen molar-refractivity contribution in [2.45, 2.75) is 19.1 Å². The summed E-state index contributed by atoms with van der Waals surface area (Å²) in [7, 11) is 0. The second-order valence-corrected chi connectivity index (χ2v) is 5.34. The Kier molecular flexibility index (Phi) is 3.30. The van der Waals surface area contributed by atoms with Crippen LogP contribution in [-0.2, 0) is 0 Å². The summed E-state index contributed by atoms with van der Waals surface area (Å²) in [5.41, 5.74) is 0.159. The van der Waals surface area contributed by atoms with Crippen LogP contribution in [0.3, 0.4) is 0 Å². The van der Waals surface area contributed by atoms with Gasteiger partial charge in [0, 0.05) is 11.6 Å². The van der Waals surface area contributed by atoms with E-state index in [-0.39, 0.29) is 33.9 Å². The van der Waals surface area contributed by atoms with Gasteiger partial charge in [-0.05, 0) is 24.6 Å². The molecule has 120 valence electrons. The highest BCUT2D eigenvalue weighted by Crippen LogP contribution is 2.44. The molecular formula is C16H14O7. The molecule has 0 aromatic heterocycles. The zero-order valence-corrected chi connectivity index (χ0v) is 12.0. The van der Waals surface area contributed by atoms with E-state index in [0.29, 0.717) is 0 Å². The molecule has 0 spiro atoms. The highest BCUT2D eigenvalue weighted by atomic mass is 16.5. The van der Waals surface area contributed by atoms with Gasteiger partial charge in [-0.1, -0.05) is 6.07 Å². The molecule has 0 saturated heterocycles. The molecule has 3 rings (SSSR count). The van der Waals surface area contributed by atoms with Crippen LogP contribution >= 0.6 is 0 Å². The molecule has 0 saturated carbocycles. The van der Waals surface area contributed by atoms with Gasteiger partial charge in [-0.15, -0.1) is 0 Å². The van der Waals surface area contributed by atoms with Crippen LogP contribution in [0.5, 0.6) is 28.7 Å². The number of phenolic OH excluding ortho intramolecular Hbond substituents is 4. The molecule has 0 fully saturated rings. The molecule has 2 atom stereocenters. The van der Waals surface area contributed by atoms with E-state index in [9.17, 15) is 30.3 Å². The highest BCUT2D eigenvalue weighted by molar-refractivity contribution is 6.06. The van der Waals surface area contributed by atoms with E-state index in [2.05, 4.69) is 0 Å². The number of Topliss-reactive ketones (excluding diaryl/α,β-unsaturated/α-hetero) is 1. The summed E-state index contributed by atoms with van der Waals surface area (Å²) in [6.07, 6.45) is -2.76. The Hall–Kier alpha value is -2.93. The van der Waals surface area contributed by atoms with Gasteiger partial charge in [0.25, 0.3) is 0 Å². The zero-order chi connectivity index (χ0) is 16.9. The van der Waals surface area contributed by atoms with E-state index in [1.807, 2.05) is 0 Å². The Balaban J connectivity index is 2.11. The van der Waals surface area contributed by atoms with Crippen LogP contribution < -0.4 is 4.74 Å². The maximum atomic E-state index is 12.4. The number of hydrogen-bond acceptors (Lipinski definition) is 7. The van der Waals surface area contributed by atoms with Crippen molar-refractivity contribution in [2.24, 2.45) is 0 Å². The molecule has 1 aliphatic rings. The van der Waals surface area contributed by atoms with Crippen molar-refractivity contribution < 1.29 is 35.1 Å². The van der Waals surface area contributed by atoms with Crippen molar-refractivity contribution in [3.8, 4) is 28.7 Å². The summed E-state index contributed by atoms with van der Waals surface area (Å²) >= 11 is 0. The fourth-order valence-electron chi connectivity index (χ4n) is 2.52. The zero-order valence-electron chi connectivity index (χ0n) is 12.0. The Morgan fingerprint density at radius 3 is 2.35 bits per heavy atom. The van der Waals surface area contributed by atoms with Crippen molar-refractivity contribution in [3.63, 3.8) is 0 Å². The normalized spacial score (nSPS) is 20.0. The lowest BCUT2D eigenvalue weighted by Gasteiger charge is -2.30. The second kappa shape index (κ2) is 5.06. The van der Waals surface area contributed by atoms with E-state index >= 15 is 0 Å². The van der Waals surface area contributed by atoms with E-state index in [0.717, 1.165) is 6.07 Å². The molecule has 0 radical (unpaired) electrons. The van der Waals surface area contributed by atoms with Gasteiger partial charge in [-0.25, -0.2) is 0 Å². The standard InChI is InChI=1S/C16H14O7/c1-6-9(18)5-11-12(13(6)20)14(21)15(22)16(23-11)7-2-3-8(17)10(19)4-7/h2-5,15-20,22H,1H3/t15-,16?/m1/s1. The largest absolute Gasteiger partial charge is 0.507 e. The predicted octanol–water partition coefficient (Wildman–Crippen LogP) is 1.49. The topological polar surface area (TPSA) is 127 Å². The monoisotopic (exact) mass is 318 g/mol. The van der Waals surface area contributed by atoms with Crippen LogP contribution in [0.15, 0.2) is 24.3 Å². The average Bonchev–Trinajstić information content (AvgIpc) is 2.51. The van der Waals surface area contributed by atoms with E-state index in [1.165, 1.54) is 25.1 Å². The number of aliphatic hydroxyl groups excluding tert-OH is 1. The quantitative estimate of drug-likeness (QED) is 0.504. The lowest BCUT2D eigenvalue weighted by Crippen LogP contribution is -2.36. The van der Waals surface area contributed by atoms with Gasteiger partial charge in [0.1, 0.15) is 22.8 Å². The smallest absolute Gasteiger partial charge is 0.202 e. The fraction of sp³-hybridized carbons (Fsp3) is 0.188. The number of aliphatic hydroxyl groups is 1. The molecule has 0 amide bonds. The summed E-state index contributed by atoms with van der Waals surface area (Å²) in [5.74, 6) is -2.31. The summed E-state index contributed by atoms with van der Waals surface area (Å²) in [4.78, 5) is 12.4. The number of ketones is 1. The molecule has 7 nitrogen and oxygen atoms in total. The van der Waals surface area contributed by atoms with Crippen LogP contribution in [0.1, 0.15) is 27.6 Å². The number of aromatic hydroxyl groups is 4. The minimum absolute atomic E-state index is 0.0709. The number of benzene rings is 2. The van der Waals surface area contributed by atoms with Crippen molar-refractivity contribution in [1.29, 1.82) is 0 Å². The molecule has 2 aromatic carbocycles. The van der Waals surface area contributed by atoms with Crippen molar-refractivity contribution in [1.82, 2.24) is 0 Å². The fourth-order valence-corrected chi connectivity index (χ4v) is 2.52. The first-order valence-corrected chi connectivity index (χ1v) is 6.77. The molecule has 0 aliphatic carbocycles. The first-order valence-electron chi connectivity index (χ1n) is 6.77. The van der Waals surface area contributed by atoms with Crippen molar-refractivity contribution in [2.75, 3.05) is 0 Å². The van der Waals surface area contributed by atoms with Crippen LogP contribution in [0.25, 0.3) is 0 Å². The molecule has 5 N–H and O–H groups in total.